The first-order chi connectivity index (χ1) is 9.51. The number of rotatable bonds is 6. The zero-order chi connectivity index (χ0) is 16.4. The van der Waals surface area contributed by atoms with E-state index in [1.807, 2.05) is 13.8 Å². The smallest absolute Gasteiger partial charge is 0.270 e. The maximum Gasteiger partial charge on any atom is 0.270 e. The summed E-state index contributed by atoms with van der Waals surface area (Å²) in [6, 6.07) is 3.32. The van der Waals surface area contributed by atoms with Crippen molar-refractivity contribution in [3.8, 4) is 0 Å². The van der Waals surface area contributed by atoms with Gasteiger partial charge in [0.2, 0.25) is 10.0 Å². The van der Waals surface area contributed by atoms with Crippen LogP contribution in [0.2, 0.25) is 5.02 Å². The molecule has 1 aromatic carbocycles. The largest absolute Gasteiger partial charge is 0.330 e. The number of non-ortho nitro benzene ring substituents is 1. The zero-order valence-electron chi connectivity index (χ0n) is 12.0. The Labute approximate surface area is 128 Å². The first kappa shape index (κ1) is 17.8. The molecule has 0 radical (unpaired) electrons. The summed E-state index contributed by atoms with van der Waals surface area (Å²) >= 11 is 5.88. The Morgan fingerprint density at radius 2 is 2.00 bits per heavy atom. The molecular weight excluding hydrogens is 318 g/mol. The molecule has 21 heavy (non-hydrogen) atoms. The van der Waals surface area contributed by atoms with Crippen molar-refractivity contribution in [2.75, 3.05) is 20.1 Å². The lowest BCUT2D eigenvalue weighted by molar-refractivity contribution is -0.385. The second kappa shape index (κ2) is 6.27. The summed E-state index contributed by atoms with van der Waals surface area (Å²) < 4.78 is 26.1. The fourth-order valence-corrected chi connectivity index (χ4v) is 3.57. The van der Waals surface area contributed by atoms with E-state index in [0.717, 1.165) is 16.4 Å². The molecule has 0 unspecified atom stereocenters. The van der Waals surface area contributed by atoms with E-state index in [1.165, 1.54) is 13.1 Å². The molecule has 0 bridgehead atoms. The molecule has 0 aromatic heterocycles. The number of hydrogen-bond donors (Lipinski definition) is 1. The Hall–Kier alpha value is -1.22. The Morgan fingerprint density at radius 1 is 1.43 bits per heavy atom. The predicted octanol–water partition coefficient (Wildman–Crippen LogP) is 1.85. The molecular formula is C12H18ClN3O4S. The monoisotopic (exact) mass is 335 g/mol. The van der Waals surface area contributed by atoms with Gasteiger partial charge in [0, 0.05) is 25.7 Å². The first-order valence-corrected chi connectivity index (χ1v) is 7.93. The lowest BCUT2D eigenvalue weighted by Gasteiger charge is -2.28. The molecule has 0 atom stereocenters. The standard InChI is InChI=1S/C12H18ClN3O4S/c1-12(2,7-14)8-15(3)21(19,20)11-6-9(16(17)18)4-5-10(11)13/h4-6H,7-8,14H2,1-3H3. The van der Waals surface area contributed by atoms with E-state index in [0.29, 0.717) is 6.54 Å². The minimum atomic E-state index is -3.93. The normalized spacial score (nSPS) is 12.7. The van der Waals surface area contributed by atoms with Crippen molar-refractivity contribution in [3.05, 3.63) is 33.3 Å². The van der Waals surface area contributed by atoms with Crippen molar-refractivity contribution in [2.24, 2.45) is 11.1 Å². The van der Waals surface area contributed by atoms with Crippen LogP contribution >= 0.6 is 11.6 Å². The Balaban J connectivity index is 3.24. The topological polar surface area (TPSA) is 107 Å². The Morgan fingerprint density at radius 3 is 2.48 bits per heavy atom. The van der Waals surface area contributed by atoms with E-state index in [1.54, 1.807) is 0 Å². The fourth-order valence-electron chi connectivity index (χ4n) is 1.72. The minimum Gasteiger partial charge on any atom is -0.330 e. The Bertz CT molecular complexity index is 646. The van der Waals surface area contributed by atoms with Gasteiger partial charge in [-0.05, 0) is 18.0 Å². The van der Waals surface area contributed by atoms with E-state index >= 15 is 0 Å². The average Bonchev–Trinajstić information content (AvgIpc) is 2.38. The molecule has 0 saturated heterocycles. The van der Waals surface area contributed by atoms with Gasteiger partial charge in [-0.25, -0.2) is 12.7 Å². The summed E-state index contributed by atoms with van der Waals surface area (Å²) in [5, 5.41) is 10.7. The molecule has 0 fully saturated rings. The van der Waals surface area contributed by atoms with Crippen LogP contribution in [0.1, 0.15) is 13.8 Å². The van der Waals surface area contributed by atoms with Crippen LogP contribution in [0.15, 0.2) is 23.1 Å². The number of nitro benzene ring substituents is 1. The van der Waals surface area contributed by atoms with Gasteiger partial charge >= 0.3 is 0 Å². The van der Waals surface area contributed by atoms with Crippen molar-refractivity contribution in [2.45, 2.75) is 18.7 Å². The molecule has 0 aliphatic heterocycles. The summed E-state index contributed by atoms with van der Waals surface area (Å²) in [7, 11) is -2.54. The number of benzene rings is 1. The number of nitro groups is 1. The minimum absolute atomic E-state index is 0.0574. The number of nitrogens with zero attached hydrogens (tertiary/aromatic N) is 2. The molecule has 1 aromatic rings. The number of nitrogens with two attached hydrogens (primary N) is 1. The maximum atomic E-state index is 12.5. The van der Waals surface area contributed by atoms with Gasteiger partial charge < -0.3 is 5.73 Å². The molecule has 0 heterocycles. The molecule has 9 heteroatoms. The second-order valence-corrected chi connectivity index (χ2v) is 7.92. The molecule has 0 aliphatic carbocycles. The van der Waals surface area contributed by atoms with E-state index in [9.17, 15) is 18.5 Å². The molecule has 118 valence electrons. The number of hydrogen-bond acceptors (Lipinski definition) is 5. The molecule has 2 N–H and O–H groups in total. The van der Waals surface area contributed by atoms with Crippen molar-refractivity contribution in [3.63, 3.8) is 0 Å². The summed E-state index contributed by atoms with van der Waals surface area (Å²) in [4.78, 5) is 9.82. The van der Waals surface area contributed by atoms with Crippen LogP contribution < -0.4 is 5.73 Å². The van der Waals surface area contributed by atoms with Gasteiger partial charge in [0.05, 0.1) is 9.95 Å². The molecule has 0 saturated carbocycles. The molecule has 1 rings (SSSR count). The van der Waals surface area contributed by atoms with Crippen molar-refractivity contribution in [1.82, 2.24) is 4.31 Å². The average molecular weight is 336 g/mol. The number of sulfonamides is 1. The van der Waals surface area contributed by atoms with Crippen LogP contribution in [0.3, 0.4) is 0 Å². The van der Waals surface area contributed by atoms with Gasteiger partial charge in [0.15, 0.2) is 0 Å². The maximum absolute atomic E-state index is 12.5. The number of halogens is 1. The second-order valence-electron chi connectivity index (χ2n) is 5.50. The third-order valence-corrected chi connectivity index (χ3v) is 5.30. The highest BCUT2D eigenvalue weighted by molar-refractivity contribution is 7.89. The molecule has 0 spiro atoms. The highest BCUT2D eigenvalue weighted by Crippen LogP contribution is 2.29. The van der Waals surface area contributed by atoms with E-state index in [-0.39, 0.29) is 22.2 Å². The lowest BCUT2D eigenvalue weighted by Crippen LogP contribution is -2.39. The van der Waals surface area contributed by atoms with E-state index in [4.69, 9.17) is 17.3 Å². The third kappa shape index (κ3) is 4.13. The first-order valence-electron chi connectivity index (χ1n) is 6.11. The third-order valence-electron chi connectivity index (χ3n) is 3.02. The van der Waals surface area contributed by atoms with E-state index < -0.39 is 20.4 Å². The summed E-state index contributed by atoms with van der Waals surface area (Å²) in [6.07, 6.45) is 0. The Kier molecular flexibility index (Phi) is 5.32. The van der Waals surface area contributed by atoms with Crippen LogP contribution in [0, 0.1) is 15.5 Å². The van der Waals surface area contributed by atoms with Gasteiger partial charge in [0.25, 0.3) is 5.69 Å². The van der Waals surface area contributed by atoms with Gasteiger partial charge in [-0.1, -0.05) is 25.4 Å². The highest BCUT2D eigenvalue weighted by atomic mass is 35.5. The summed E-state index contributed by atoms with van der Waals surface area (Å²) in [6.45, 7) is 4.13. The van der Waals surface area contributed by atoms with Gasteiger partial charge in [-0.3, -0.25) is 10.1 Å². The molecule has 0 aliphatic rings. The zero-order valence-corrected chi connectivity index (χ0v) is 13.6. The molecule has 7 nitrogen and oxygen atoms in total. The van der Waals surface area contributed by atoms with Crippen LogP contribution in [0.25, 0.3) is 0 Å². The van der Waals surface area contributed by atoms with Crippen LogP contribution in [0.5, 0.6) is 0 Å². The van der Waals surface area contributed by atoms with E-state index in [2.05, 4.69) is 0 Å². The lowest BCUT2D eigenvalue weighted by atomic mass is 9.94. The molecule has 0 amide bonds. The van der Waals surface area contributed by atoms with Crippen molar-refractivity contribution in [1.29, 1.82) is 0 Å². The quantitative estimate of drug-likeness (QED) is 0.630. The predicted molar refractivity (Wildman–Crippen MR) is 80.8 cm³/mol. The van der Waals surface area contributed by atoms with Crippen LogP contribution in [0.4, 0.5) is 5.69 Å². The SMILES string of the molecule is CN(CC(C)(C)CN)S(=O)(=O)c1cc([N+](=O)[O-])ccc1Cl. The summed E-state index contributed by atoms with van der Waals surface area (Å²) in [5.41, 5.74) is 4.84. The highest BCUT2D eigenvalue weighted by Gasteiger charge is 2.30. The van der Waals surface area contributed by atoms with Crippen LogP contribution in [-0.2, 0) is 10.0 Å². The van der Waals surface area contributed by atoms with Gasteiger partial charge in [0.1, 0.15) is 4.90 Å². The summed E-state index contributed by atoms with van der Waals surface area (Å²) in [5.74, 6) is 0. The fraction of sp³-hybridized carbons (Fsp3) is 0.500. The van der Waals surface area contributed by atoms with Gasteiger partial charge in [-0.15, -0.1) is 0 Å². The van der Waals surface area contributed by atoms with Crippen molar-refractivity contribution < 1.29 is 13.3 Å². The van der Waals surface area contributed by atoms with Crippen molar-refractivity contribution >= 4 is 27.3 Å². The van der Waals surface area contributed by atoms with Crippen LogP contribution in [-0.4, -0.2) is 37.8 Å². The van der Waals surface area contributed by atoms with Gasteiger partial charge in [-0.2, -0.15) is 0 Å².